The molecule has 0 spiro atoms. The molecule has 3 aromatic carbocycles. The first-order chi connectivity index (χ1) is 14.2. The predicted molar refractivity (Wildman–Crippen MR) is 118 cm³/mol. The number of nitrogens with one attached hydrogen (secondary N) is 1. The molecule has 3 aromatic rings. The van der Waals surface area contributed by atoms with Crippen LogP contribution in [-0.4, -0.2) is 20.1 Å². The molecule has 4 heteroatoms. The normalized spacial score (nSPS) is 13.1. The fourth-order valence-electron chi connectivity index (χ4n) is 3.48. The Kier molecular flexibility index (Phi) is 5.34. The number of benzene rings is 3. The molecular weight excluding hydrogens is 362 g/mol. The molecular formula is C25H23NO3. The molecule has 1 amide bonds. The van der Waals surface area contributed by atoms with Gasteiger partial charge in [-0.1, -0.05) is 42.5 Å². The second-order valence-electron chi connectivity index (χ2n) is 6.94. The van der Waals surface area contributed by atoms with Gasteiger partial charge in [0, 0.05) is 5.57 Å². The molecule has 0 aromatic heterocycles. The molecule has 0 unspecified atom stereocenters. The Morgan fingerprint density at radius 3 is 2.38 bits per heavy atom. The van der Waals surface area contributed by atoms with Crippen molar-refractivity contribution >= 4 is 22.4 Å². The molecule has 0 heterocycles. The van der Waals surface area contributed by atoms with Crippen molar-refractivity contribution in [3.8, 4) is 22.6 Å². The van der Waals surface area contributed by atoms with Crippen molar-refractivity contribution in [1.29, 1.82) is 0 Å². The van der Waals surface area contributed by atoms with E-state index >= 15 is 0 Å². The Bertz CT molecular complexity index is 1130. The Morgan fingerprint density at radius 1 is 0.862 bits per heavy atom. The molecule has 0 atom stereocenters. The summed E-state index contributed by atoms with van der Waals surface area (Å²) in [6, 6.07) is 18.2. The molecule has 0 radical (unpaired) electrons. The van der Waals surface area contributed by atoms with Crippen LogP contribution >= 0.6 is 0 Å². The number of amides is 1. The number of hydrogen-bond acceptors (Lipinski definition) is 3. The second-order valence-corrected chi connectivity index (χ2v) is 6.94. The lowest BCUT2D eigenvalue weighted by atomic mass is 10.0. The zero-order valence-corrected chi connectivity index (χ0v) is 16.6. The molecule has 1 N–H and O–H groups in total. The van der Waals surface area contributed by atoms with Crippen LogP contribution in [0.2, 0.25) is 0 Å². The Morgan fingerprint density at radius 2 is 1.62 bits per heavy atom. The minimum absolute atomic E-state index is 0.119. The monoisotopic (exact) mass is 385 g/mol. The maximum Gasteiger partial charge on any atom is 0.255 e. The summed E-state index contributed by atoms with van der Waals surface area (Å²) in [4.78, 5) is 12.5. The molecule has 29 heavy (non-hydrogen) atoms. The molecule has 1 aliphatic carbocycles. The topological polar surface area (TPSA) is 47.6 Å². The highest BCUT2D eigenvalue weighted by atomic mass is 16.5. The van der Waals surface area contributed by atoms with Crippen LogP contribution in [0.4, 0.5) is 5.69 Å². The van der Waals surface area contributed by atoms with Gasteiger partial charge < -0.3 is 14.8 Å². The molecule has 0 saturated carbocycles. The van der Waals surface area contributed by atoms with Crippen molar-refractivity contribution in [2.75, 3.05) is 19.5 Å². The van der Waals surface area contributed by atoms with E-state index < -0.39 is 0 Å². The minimum Gasteiger partial charge on any atom is -0.497 e. The van der Waals surface area contributed by atoms with E-state index in [4.69, 9.17) is 9.47 Å². The summed E-state index contributed by atoms with van der Waals surface area (Å²) in [6.07, 6.45) is 7.71. The van der Waals surface area contributed by atoms with E-state index in [0.717, 1.165) is 40.5 Å². The van der Waals surface area contributed by atoms with E-state index in [2.05, 4.69) is 29.6 Å². The lowest BCUT2D eigenvalue weighted by Crippen LogP contribution is -2.14. The van der Waals surface area contributed by atoms with Crippen LogP contribution in [0.15, 0.2) is 78.4 Å². The maximum absolute atomic E-state index is 12.5. The number of rotatable bonds is 5. The summed E-state index contributed by atoms with van der Waals surface area (Å²) < 4.78 is 10.8. The maximum atomic E-state index is 12.5. The first-order valence-electron chi connectivity index (χ1n) is 9.62. The number of fused-ring (bicyclic) bond motifs is 1. The predicted octanol–water partition coefficient (Wildman–Crippen LogP) is 5.74. The summed E-state index contributed by atoms with van der Waals surface area (Å²) in [5.41, 5.74) is 3.45. The number of ether oxygens (including phenoxy) is 2. The van der Waals surface area contributed by atoms with E-state index in [1.54, 1.807) is 14.2 Å². The lowest BCUT2D eigenvalue weighted by Gasteiger charge is -2.14. The standard InChI is InChI=1S/C25H23NO3/c1-28-22-12-10-19-14-18(8-9-20(19)15-22)21-11-13-23(24(16-21)29-2)26-25(27)17-6-4-3-5-7-17/h4,6-16H,3,5H2,1-2H3,(H,26,27). The van der Waals surface area contributed by atoms with Gasteiger partial charge in [0.15, 0.2) is 0 Å². The van der Waals surface area contributed by atoms with Crippen molar-refractivity contribution in [2.45, 2.75) is 12.8 Å². The van der Waals surface area contributed by atoms with Gasteiger partial charge in [-0.2, -0.15) is 0 Å². The third-order valence-corrected chi connectivity index (χ3v) is 5.09. The minimum atomic E-state index is -0.119. The highest BCUT2D eigenvalue weighted by molar-refractivity contribution is 6.06. The van der Waals surface area contributed by atoms with Gasteiger partial charge in [0.25, 0.3) is 5.91 Å². The largest absolute Gasteiger partial charge is 0.497 e. The molecule has 0 aliphatic heterocycles. The smallest absolute Gasteiger partial charge is 0.255 e. The van der Waals surface area contributed by atoms with Crippen LogP contribution in [0, 0.1) is 0 Å². The summed E-state index contributed by atoms with van der Waals surface area (Å²) in [5.74, 6) is 1.35. The van der Waals surface area contributed by atoms with Crippen LogP contribution in [0.3, 0.4) is 0 Å². The van der Waals surface area contributed by atoms with Gasteiger partial charge in [0.05, 0.1) is 19.9 Å². The van der Waals surface area contributed by atoms with E-state index in [-0.39, 0.29) is 5.91 Å². The quantitative estimate of drug-likeness (QED) is 0.609. The summed E-state index contributed by atoms with van der Waals surface area (Å²) in [6.45, 7) is 0. The van der Waals surface area contributed by atoms with Crippen LogP contribution < -0.4 is 14.8 Å². The van der Waals surface area contributed by atoms with E-state index in [9.17, 15) is 4.79 Å². The average molecular weight is 385 g/mol. The van der Waals surface area contributed by atoms with Crippen molar-refractivity contribution in [2.24, 2.45) is 0 Å². The van der Waals surface area contributed by atoms with Gasteiger partial charge in [-0.05, 0) is 65.1 Å². The zero-order valence-electron chi connectivity index (χ0n) is 16.6. The second kappa shape index (κ2) is 8.23. The van der Waals surface area contributed by atoms with Gasteiger partial charge in [-0.25, -0.2) is 0 Å². The fraction of sp³-hybridized carbons (Fsp3) is 0.160. The van der Waals surface area contributed by atoms with E-state index in [1.165, 1.54) is 0 Å². The van der Waals surface area contributed by atoms with Gasteiger partial charge >= 0.3 is 0 Å². The first kappa shape index (κ1) is 18.8. The van der Waals surface area contributed by atoms with E-state index in [0.29, 0.717) is 17.0 Å². The van der Waals surface area contributed by atoms with Gasteiger partial charge in [0.2, 0.25) is 0 Å². The molecule has 4 rings (SSSR count). The molecule has 0 fully saturated rings. The SMILES string of the molecule is COc1ccc2cc(-c3ccc(NC(=O)C4=CCCC=C4)c(OC)c3)ccc2c1. The van der Waals surface area contributed by atoms with Gasteiger partial charge in [-0.15, -0.1) is 0 Å². The third-order valence-electron chi connectivity index (χ3n) is 5.09. The van der Waals surface area contributed by atoms with E-state index in [1.807, 2.05) is 48.6 Å². The zero-order chi connectivity index (χ0) is 20.2. The molecule has 0 bridgehead atoms. The Hall–Kier alpha value is -3.53. The molecule has 146 valence electrons. The summed E-state index contributed by atoms with van der Waals surface area (Å²) in [7, 11) is 3.28. The van der Waals surface area contributed by atoms with Crippen LogP contribution in [0.25, 0.3) is 21.9 Å². The summed E-state index contributed by atoms with van der Waals surface area (Å²) >= 11 is 0. The molecule has 0 saturated heterocycles. The molecule has 1 aliphatic rings. The highest BCUT2D eigenvalue weighted by Crippen LogP contribution is 2.33. The van der Waals surface area contributed by atoms with Crippen molar-refractivity contribution in [3.63, 3.8) is 0 Å². The number of carbonyl (C=O) groups is 1. The lowest BCUT2D eigenvalue weighted by molar-refractivity contribution is -0.112. The number of methoxy groups -OCH3 is 2. The molecule has 4 nitrogen and oxygen atoms in total. The van der Waals surface area contributed by atoms with Crippen LogP contribution in [0.5, 0.6) is 11.5 Å². The Labute approximate surface area is 170 Å². The fourth-order valence-corrected chi connectivity index (χ4v) is 3.48. The number of carbonyl (C=O) groups excluding carboxylic acids is 1. The number of allylic oxidation sites excluding steroid dienone is 2. The van der Waals surface area contributed by atoms with Crippen molar-refractivity contribution in [1.82, 2.24) is 0 Å². The highest BCUT2D eigenvalue weighted by Gasteiger charge is 2.13. The van der Waals surface area contributed by atoms with Gasteiger partial charge in [0.1, 0.15) is 11.5 Å². The number of anilines is 1. The van der Waals surface area contributed by atoms with Gasteiger partial charge in [-0.3, -0.25) is 4.79 Å². The summed E-state index contributed by atoms with van der Waals surface area (Å²) in [5, 5.41) is 5.21. The first-order valence-corrected chi connectivity index (χ1v) is 9.62. The van der Waals surface area contributed by atoms with Crippen molar-refractivity contribution in [3.05, 3.63) is 78.4 Å². The third kappa shape index (κ3) is 4.02. The van der Waals surface area contributed by atoms with Crippen molar-refractivity contribution < 1.29 is 14.3 Å². The number of hydrogen-bond donors (Lipinski definition) is 1. The van der Waals surface area contributed by atoms with Crippen LogP contribution in [-0.2, 0) is 4.79 Å². The average Bonchev–Trinajstić information content (AvgIpc) is 2.79. The Balaban J connectivity index is 1.62. The van der Waals surface area contributed by atoms with Crippen LogP contribution in [0.1, 0.15) is 12.8 Å².